The fourth-order valence-corrected chi connectivity index (χ4v) is 0.318. The van der Waals surface area contributed by atoms with E-state index in [4.69, 9.17) is 0 Å². The molecule has 0 fully saturated rings. The van der Waals surface area contributed by atoms with E-state index in [9.17, 15) is 4.79 Å². The van der Waals surface area contributed by atoms with E-state index in [1.54, 1.807) is 0 Å². The van der Waals surface area contributed by atoms with E-state index < -0.39 is 0 Å². The molecule has 0 aliphatic rings. The average Bonchev–Trinajstić information content (AvgIpc) is 1.89. The number of rotatable bonds is 4. The average molecular weight is 248 g/mol. The molecule has 3 heteroatoms. The maximum atomic E-state index is 10.3. The molecule has 0 atom stereocenters. The monoisotopic (exact) mass is 248 g/mol. The summed E-state index contributed by atoms with van der Waals surface area (Å²) in [6.07, 6.45) is 3.95. The first kappa shape index (κ1) is 22.8. The third-order valence-corrected chi connectivity index (χ3v) is 0.799. The molecule has 0 aromatic carbocycles. The van der Waals surface area contributed by atoms with Gasteiger partial charge in [0.05, 0.1) is 0 Å². The summed E-state index contributed by atoms with van der Waals surface area (Å²) in [5.74, 6) is -0.361. The Morgan fingerprint density at radius 1 is 1.58 bits per heavy atom. The number of hydrogen-bond donors (Lipinski definition) is 0. The zero-order valence-corrected chi connectivity index (χ0v) is 9.01. The van der Waals surface area contributed by atoms with Gasteiger partial charge in [0, 0.05) is 38.8 Å². The van der Waals surface area contributed by atoms with Crippen molar-refractivity contribution >= 4 is 5.97 Å². The van der Waals surface area contributed by atoms with Crippen molar-refractivity contribution < 1.29 is 42.2 Å². The number of ether oxygens (including phenoxy) is 1. The first-order valence-electron chi connectivity index (χ1n) is 2.92. The van der Waals surface area contributed by atoms with Crippen LogP contribution in [0.1, 0.15) is 28.2 Å². The maximum Gasteiger partial charge on any atom is 0.327 e. The second kappa shape index (κ2) is 17.4. The Kier molecular flexibility index (Phi) is 33.1. The second-order valence-electron chi connectivity index (χ2n) is 1.53. The molecule has 0 bridgehead atoms. The fourth-order valence-electron chi connectivity index (χ4n) is 0.318. The van der Waals surface area contributed by atoms with Crippen molar-refractivity contribution in [2.24, 2.45) is 0 Å². The van der Waals surface area contributed by atoms with Crippen LogP contribution in [0.15, 0.2) is 12.7 Å². The molecule has 0 saturated carbocycles. The van der Waals surface area contributed by atoms with Crippen LogP contribution in [0.25, 0.3) is 0 Å². The van der Waals surface area contributed by atoms with Gasteiger partial charge in [-0.2, -0.15) is 6.42 Å². The van der Waals surface area contributed by atoms with Crippen molar-refractivity contribution in [1.29, 1.82) is 0 Å². The van der Waals surface area contributed by atoms with Crippen molar-refractivity contribution in [2.75, 3.05) is 6.61 Å². The molecule has 0 saturated heterocycles. The van der Waals surface area contributed by atoms with E-state index in [2.05, 4.69) is 11.3 Å². The van der Waals surface area contributed by atoms with E-state index >= 15 is 0 Å². The Morgan fingerprint density at radius 3 is 2.42 bits per heavy atom. The summed E-state index contributed by atoms with van der Waals surface area (Å²) in [6.45, 7) is 5.63. The summed E-state index contributed by atoms with van der Waals surface area (Å²) in [5, 5.41) is 0. The van der Waals surface area contributed by atoms with Crippen LogP contribution >= 0.6 is 0 Å². The minimum Gasteiger partial charge on any atom is -0.495 e. The number of carbonyl (C=O) groups excluding carboxylic acids is 1. The molecule has 0 rings (SSSR count). The smallest absolute Gasteiger partial charge is 0.327 e. The van der Waals surface area contributed by atoms with Gasteiger partial charge in [-0.25, -0.2) is 4.79 Å². The molecule has 71 valence electrons. The predicted molar refractivity (Wildman–Crippen MR) is 49.2 cm³/mol. The van der Waals surface area contributed by atoms with Crippen molar-refractivity contribution in [3.8, 4) is 0 Å². The number of carbonyl (C=O) groups is 1. The molecule has 0 N–H and O–H groups in total. The van der Waals surface area contributed by atoms with Crippen LogP contribution in [0.2, 0.25) is 0 Å². The van der Waals surface area contributed by atoms with E-state index in [0.29, 0.717) is 6.61 Å². The Hall–Kier alpha value is 0.314. The van der Waals surface area contributed by atoms with Crippen LogP contribution in [0.3, 0.4) is 0 Å². The summed E-state index contributed by atoms with van der Waals surface area (Å²) >= 11 is 0. The third kappa shape index (κ3) is 16.7. The molecule has 0 aliphatic heterocycles. The molecular weight excluding hydrogens is 229 g/mol. The summed E-state index contributed by atoms with van der Waals surface area (Å²) in [6, 6.07) is 0. The standard InChI is InChI=1S/C7H11O2.2CH4.Y/c1-3-5-6-9-7(8)4-2;;;/h4-5H,2-3,6H2,1H3;2*1H4;/q-1;;;. The van der Waals surface area contributed by atoms with E-state index in [1.165, 1.54) is 0 Å². The van der Waals surface area contributed by atoms with Crippen molar-refractivity contribution in [3.05, 3.63) is 19.1 Å². The van der Waals surface area contributed by atoms with Crippen LogP contribution in [-0.2, 0) is 42.2 Å². The van der Waals surface area contributed by atoms with Crippen LogP contribution < -0.4 is 0 Å². The quantitative estimate of drug-likeness (QED) is 0.331. The van der Waals surface area contributed by atoms with Gasteiger partial charge in [0.2, 0.25) is 0 Å². The van der Waals surface area contributed by atoms with E-state index in [-0.39, 0.29) is 53.5 Å². The van der Waals surface area contributed by atoms with Crippen LogP contribution in [0, 0.1) is 6.42 Å². The van der Waals surface area contributed by atoms with Crippen molar-refractivity contribution in [3.63, 3.8) is 0 Å². The van der Waals surface area contributed by atoms with Crippen LogP contribution in [0.5, 0.6) is 0 Å². The maximum absolute atomic E-state index is 10.3. The number of esters is 1. The molecular formula is C9H19O2Y-. The van der Waals surface area contributed by atoms with Crippen LogP contribution in [0.4, 0.5) is 0 Å². The zero-order chi connectivity index (χ0) is 7.11. The molecule has 0 aliphatic carbocycles. The summed E-state index contributed by atoms with van der Waals surface area (Å²) in [4.78, 5) is 10.3. The normalized spacial score (nSPS) is 6.42. The minimum atomic E-state index is -0.361. The second-order valence-corrected chi connectivity index (χ2v) is 1.53. The molecule has 12 heavy (non-hydrogen) atoms. The Balaban J connectivity index is -0.000000107. The van der Waals surface area contributed by atoms with Gasteiger partial charge in [-0.15, -0.1) is 0 Å². The van der Waals surface area contributed by atoms with Crippen LogP contribution in [-0.4, -0.2) is 12.6 Å². The largest absolute Gasteiger partial charge is 0.495 e. The number of unbranched alkanes of at least 4 members (excludes halogenated alkanes) is 1. The summed E-state index contributed by atoms with van der Waals surface area (Å²) in [5.41, 5.74) is 0. The van der Waals surface area contributed by atoms with Crippen molar-refractivity contribution in [2.45, 2.75) is 28.2 Å². The van der Waals surface area contributed by atoms with Gasteiger partial charge in [-0.1, -0.05) is 28.4 Å². The number of hydrogen-bond acceptors (Lipinski definition) is 2. The molecule has 1 radical (unpaired) electrons. The molecule has 0 spiro atoms. The van der Waals surface area contributed by atoms with Gasteiger partial charge in [0.25, 0.3) is 0 Å². The molecule has 2 nitrogen and oxygen atoms in total. The fraction of sp³-hybridized carbons (Fsp3) is 0.556. The Morgan fingerprint density at radius 2 is 2.08 bits per heavy atom. The Labute approximate surface area is 102 Å². The van der Waals surface area contributed by atoms with E-state index in [1.807, 2.05) is 13.3 Å². The predicted octanol–water partition coefficient (Wildman–Crippen LogP) is 2.60. The molecule has 0 aromatic heterocycles. The topological polar surface area (TPSA) is 26.3 Å². The van der Waals surface area contributed by atoms with Gasteiger partial charge in [0.1, 0.15) is 0 Å². The van der Waals surface area contributed by atoms with Gasteiger partial charge in [0.15, 0.2) is 0 Å². The van der Waals surface area contributed by atoms with Gasteiger partial charge >= 0.3 is 5.97 Å². The third-order valence-electron chi connectivity index (χ3n) is 0.799. The van der Waals surface area contributed by atoms with Gasteiger partial charge < -0.3 is 4.74 Å². The van der Waals surface area contributed by atoms with E-state index in [0.717, 1.165) is 12.5 Å². The minimum absolute atomic E-state index is 0. The van der Waals surface area contributed by atoms with Gasteiger partial charge in [-0.3, -0.25) is 6.42 Å². The van der Waals surface area contributed by atoms with Crippen molar-refractivity contribution in [1.82, 2.24) is 0 Å². The Bertz CT molecular complexity index is 103. The SMILES string of the molecule is C.C.C=CC(=O)OC[CH-]CC.[Y]. The van der Waals surface area contributed by atoms with Gasteiger partial charge in [-0.05, 0) is 6.61 Å². The zero-order valence-electron chi connectivity index (χ0n) is 6.17. The molecule has 0 heterocycles. The molecule has 0 amide bonds. The molecule has 0 aromatic rings. The summed E-state index contributed by atoms with van der Waals surface area (Å²) < 4.78 is 4.62. The first-order valence-corrected chi connectivity index (χ1v) is 2.92. The molecule has 0 unspecified atom stereocenters. The first-order chi connectivity index (χ1) is 4.31. The summed E-state index contributed by atoms with van der Waals surface area (Å²) in [7, 11) is 0.